The Bertz CT molecular complexity index is 355. The molecule has 1 atom stereocenters. The first-order chi connectivity index (χ1) is 7.74. The monoisotopic (exact) mass is 222 g/mol. The Balaban J connectivity index is 1.71. The van der Waals surface area contributed by atoms with Gasteiger partial charge in [-0.1, -0.05) is 0 Å². The Morgan fingerprint density at radius 2 is 2.62 bits per heavy atom. The van der Waals surface area contributed by atoms with Crippen LogP contribution in [0, 0.1) is 0 Å². The van der Waals surface area contributed by atoms with Crippen molar-refractivity contribution in [1.82, 2.24) is 20.4 Å². The molecule has 0 aliphatic carbocycles. The quantitative estimate of drug-likeness (QED) is 0.764. The molecule has 0 bridgehead atoms. The van der Waals surface area contributed by atoms with Crippen molar-refractivity contribution in [3.8, 4) is 0 Å². The lowest BCUT2D eigenvalue weighted by Gasteiger charge is -2.09. The lowest BCUT2D eigenvalue weighted by atomic mass is 10.1. The van der Waals surface area contributed by atoms with E-state index in [-0.39, 0.29) is 5.91 Å². The number of hydrogen-bond acceptors (Lipinski definition) is 3. The minimum Gasteiger partial charge on any atom is -0.352 e. The predicted octanol–water partition coefficient (Wildman–Crippen LogP) is 0.178. The Morgan fingerprint density at radius 3 is 3.25 bits per heavy atom. The molecule has 5 nitrogen and oxygen atoms in total. The van der Waals surface area contributed by atoms with Crippen molar-refractivity contribution in [1.29, 1.82) is 0 Å². The highest BCUT2D eigenvalue weighted by Crippen LogP contribution is 2.08. The number of hydrogen-bond donors (Lipinski definition) is 2. The molecule has 1 aliphatic heterocycles. The molecular weight excluding hydrogens is 204 g/mol. The van der Waals surface area contributed by atoms with E-state index in [0.29, 0.717) is 19.0 Å². The van der Waals surface area contributed by atoms with Crippen molar-refractivity contribution in [2.24, 2.45) is 7.05 Å². The molecule has 5 heteroatoms. The second kappa shape index (κ2) is 5.12. The minimum absolute atomic E-state index is 0.114. The van der Waals surface area contributed by atoms with E-state index in [1.807, 2.05) is 13.2 Å². The number of amides is 1. The first-order valence-electron chi connectivity index (χ1n) is 5.71. The van der Waals surface area contributed by atoms with Crippen LogP contribution in [0.5, 0.6) is 0 Å². The highest BCUT2D eigenvalue weighted by atomic mass is 16.1. The van der Waals surface area contributed by atoms with Gasteiger partial charge in [0.05, 0.1) is 6.20 Å². The first-order valence-corrected chi connectivity index (χ1v) is 5.71. The molecule has 2 rings (SSSR count). The van der Waals surface area contributed by atoms with Gasteiger partial charge in [0, 0.05) is 37.8 Å². The fourth-order valence-corrected chi connectivity index (χ4v) is 1.99. The average Bonchev–Trinajstić information content (AvgIpc) is 2.87. The van der Waals surface area contributed by atoms with Crippen molar-refractivity contribution >= 4 is 5.91 Å². The molecule has 0 spiro atoms. The van der Waals surface area contributed by atoms with Crippen LogP contribution in [-0.2, 0) is 18.4 Å². The van der Waals surface area contributed by atoms with E-state index in [4.69, 9.17) is 0 Å². The van der Waals surface area contributed by atoms with Gasteiger partial charge in [-0.3, -0.25) is 9.48 Å². The number of aromatic nitrogens is 2. The van der Waals surface area contributed by atoms with Gasteiger partial charge in [0.15, 0.2) is 0 Å². The topological polar surface area (TPSA) is 59.0 Å². The molecule has 1 fully saturated rings. The fraction of sp³-hybridized carbons (Fsp3) is 0.636. The molecule has 1 saturated heterocycles. The lowest BCUT2D eigenvalue weighted by Crippen LogP contribution is -2.31. The summed E-state index contributed by atoms with van der Waals surface area (Å²) in [4.78, 5) is 11.6. The Morgan fingerprint density at radius 1 is 1.75 bits per heavy atom. The van der Waals surface area contributed by atoms with E-state index in [9.17, 15) is 4.79 Å². The van der Waals surface area contributed by atoms with E-state index in [1.165, 1.54) is 6.42 Å². The van der Waals surface area contributed by atoms with Crippen LogP contribution in [0.4, 0.5) is 0 Å². The van der Waals surface area contributed by atoms with Crippen molar-refractivity contribution in [2.75, 3.05) is 6.54 Å². The third kappa shape index (κ3) is 3.06. The zero-order valence-electron chi connectivity index (χ0n) is 9.57. The maximum Gasteiger partial charge on any atom is 0.221 e. The normalized spacial score (nSPS) is 19.9. The van der Waals surface area contributed by atoms with E-state index in [1.54, 1.807) is 10.9 Å². The second-order valence-corrected chi connectivity index (χ2v) is 4.30. The Labute approximate surface area is 95.2 Å². The standard InChI is InChI=1S/C11H18N4O/c1-15-8-9(7-14-15)6-13-11(16)5-10-3-2-4-12-10/h7-8,10,12H,2-6H2,1H3,(H,13,16). The van der Waals surface area contributed by atoms with Gasteiger partial charge in [-0.2, -0.15) is 5.10 Å². The summed E-state index contributed by atoms with van der Waals surface area (Å²) < 4.78 is 1.74. The third-order valence-electron chi connectivity index (χ3n) is 2.84. The highest BCUT2D eigenvalue weighted by molar-refractivity contribution is 5.76. The van der Waals surface area contributed by atoms with Crippen LogP contribution in [-0.4, -0.2) is 28.3 Å². The van der Waals surface area contributed by atoms with Gasteiger partial charge < -0.3 is 10.6 Å². The maximum atomic E-state index is 11.6. The summed E-state index contributed by atoms with van der Waals surface area (Å²) in [6, 6.07) is 0.369. The Kier molecular flexibility index (Phi) is 3.56. The Hall–Kier alpha value is -1.36. The summed E-state index contributed by atoms with van der Waals surface area (Å²) in [5.41, 5.74) is 1.04. The minimum atomic E-state index is 0.114. The summed E-state index contributed by atoms with van der Waals surface area (Å²) in [5, 5.41) is 10.3. The highest BCUT2D eigenvalue weighted by Gasteiger charge is 2.17. The molecule has 1 amide bonds. The smallest absolute Gasteiger partial charge is 0.221 e. The summed E-state index contributed by atoms with van der Waals surface area (Å²) in [6.07, 6.45) is 6.56. The lowest BCUT2D eigenvalue weighted by molar-refractivity contribution is -0.121. The number of carbonyl (C=O) groups is 1. The molecule has 0 aromatic carbocycles. The fourth-order valence-electron chi connectivity index (χ4n) is 1.99. The summed E-state index contributed by atoms with van der Waals surface area (Å²) in [7, 11) is 1.87. The summed E-state index contributed by atoms with van der Waals surface area (Å²) in [5.74, 6) is 0.114. The average molecular weight is 222 g/mol. The van der Waals surface area contributed by atoms with Gasteiger partial charge in [0.25, 0.3) is 0 Å². The number of aryl methyl sites for hydroxylation is 1. The predicted molar refractivity (Wildman–Crippen MR) is 60.7 cm³/mol. The SMILES string of the molecule is Cn1cc(CNC(=O)CC2CCCN2)cn1. The molecule has 0 saturated carbocycles. The zero-order chi connectivity index (χ0) is 11.4. The molecule has 1 aromatic heterocycles. The van der Waals surface area contributed by atoms with Gasteiger partial charge in [-0.15, -0.1) is 0 Å². The molecular formula is C11H18N4O. The number of nitrogens with one attached hydrogen (secondary N) is 2. The molecule has 1 aromatic rings. The largest absolute Gasteiger partial charge is 0.352 e. The maximum absolute atomic E-state index is 11.6. The molecule has 1 aliphatic rings. The number of rotatable bonds is 4. The van der Waals surface area contributed by atoms with E-state index in [2.05, 4.69) is 15.7 Å². The van der Waals surface area contributed by atoms with Gasteiger partial charge in [-0.05, 0) is 19.4 Å². The van der Waals surface area contributed by atoms with Crippen LogP contribution in [0.15, 0.2) is 12.4 Å². The zero-order valence-corrected chi connectivity index (χ0v) is 9.57. The van der Waals surface area contributed by atoms with E-state index in [0.717, 1.165) is 18.5 Å². The van der Waals surface area contributed by atoms with Crippen LogP contribution in [0.1, 0.15) is 24.8 Å². The van der Waals surface area contributed by atoms with Gasteiger partial charge in [-0.25, -0.2) is 0 Å². The molecule has 2 heterocycles. The van der Waals surface area contributed by atoms with Crippen molar-refractivity contribution < 1.29 is 4.79 Å². The second-order valence-electron chi connectivity index (χ2n) is 4.30. The van der Waals surface area contributed by atoms with Crippen molar-refractivity contribution in [3.05, 3.63) is 18.0 Å². The molecule has 2 N–H and O–H groups in total. The molecule has 0 radical (unpaired) electrons. The number of carbonyl (C=O) groups excluding carboxylic acids is 1. The van der Waals surface area contributed by atoms with Gasteiger partial charge in [0.2, 0.25) is 5.91 Å². The molecule has 88 valence electrons. The van der Waals surface area contributed by atoms with E-state index >= 15 is 0 Å². The van der Waals surface area contributed by atoms with E-state index < -0.39 is 0 Å². The molecule has 16 heavy (non-hydrogen) atoms. The number of nitrogens with zero attached hydrogens (tertiary/aromatic N) is 2. The van der Waals surface area contributed by atoms with Crippen molar-refractivity contribution in [2.45, 2.75) is 31.8 Å². The van der Waals surface area contributed by atoms with Crippen LogP contribution in [0.25, 0.3) is 0 Å². The first kappa shape index (κ1) is 11.1. The summed E-state index contributed by atoms with van der Waals surface area (Å²) >= 11 is 0. The molecule has 1 unspecified atom stereocenters. The van der Waals surface area contributed by atoms with Crippen molar-refractivity contribution in [3.63, 3.8) is 0 Å². The van der Waals surface area contributed by atoms with Crippen LogP contribution in [0.2, 0.25) is 0 Å². The van der Waals surface area contributed by atoms with Crippen LogP contribution < -0.4 is 10.6 Å². The van der Waals surface area contributed by atoms with Gasteiger partial charge in [0.1, 0.15) is 0 Å². The van der Waals surface area contributed by atoms with Crippen LogP contribution >= 0.6 is 0 Å². The third-order valence-corrected chi connectivity index (χ3v) is 2.84. The summed E-state index contributed by atoms with van der Waals surface area (Å²) in [6.45, 7) is 1.61. The van der Waals surface area contributed by atoms with Gasteiger partial charge >= 0.3 is 0 Å². The van der Waals surface area contributed by atoms with Crippen LogP contribution in [0.3, 0.4) is 0 Å².